The first-order valence-corrected chi connectivity index (χ1v) is 9.00. The van der Waals surface area contributed by atoms with Crippen LogP contribution in [0, 0.1) is 0 Å². The zero-order valence-corrected chi connectivity index (χ0v) is 17.1. The number of hydrogen-bond donors (Lipinski definition) is 1. The molecule has 1 atom stereocenters. The molecule has 1 saturated heterocycles. The van der Waals surface area contributed by atoms with Crippen LogP contribution >= 0.6 is 24.8 Å². The molecule has 1 aliphatic heterocycles. The van der Waals surface area contributed by atoms with Crippen LogP contribution in [0.1, 0.15) is 38.7 Å². The number of carbonyl (C=O) groups is 1. The van der Waals surface area contributed by atoms with Crippen molar-refractivity contribution in [3.63, 3.8) is 0 Å². The molecular weight excluding hydrogens is 357 g/mol. The lowest BCUT2D eigenvalue weighted by Gasteiger charge is -2.27. The molecule has 1 N–H and O–H groups in total. The summed E-state index contributed by atoms with van der Waals surface area (Å²) in [6.45, 7) is 9.95. The van der Waals surface area contributed by atoms with E-state index in [0.717, 1.165) is 39.1 Å². The fraction of sp³-hybridized carbons (Fsp3) is 0.632. The SMILES string of the molecule is CCN(CC)CCN(Cc1ccccc1)C(=O)CC1CCCN1.Cl.Cl. The highest BCUT2D eigenvalue weighted by Crippen LogP contribution is 2.13. The summed E-state index contributed by atoms with van der Waals surface area (Å²) in [5, 5.41) is 3.44. The summed E-state index contributed by atoms with van der Waals surface area (Å²) in [5.41, 5.74) is 1.21. The van der Waals surface area contributed by atoms with Gasteiger partial charge in [-0.1, -0.05) is 44.2 Å². The fourth-order valence-electron chi connectivity index (χ4n) is 3.17. The summed E-state index contributed by atoms with van der Waals surface area (Å²) in [7, 11) is 0. The van der Waals surface area contributed by atoms with Crippen LogP contribution in [-0.4, -0.2) is 54.5 Å². The number of likely N-dealkylation sites (N-methyl/N-ethyl adjacent to an activating group) is 1. The fourth-order valence-corrected chi connectivity index (χ4v) is 3.17. The minimum absolute atomic E-state index is 0. The number of rotatable bonds is 9. The first kappa shape index (κ1) is 24.2. The van der Waals surface area contributed by atoms with E-state index in [1.807, 2.05) is 23.1 Å². The normalized spacial score (nSPS) is 16.2. The van der Waals surface area contributed by atoms with E-state index in [1.54, 1.807) is 0 Å². The summed E-state index contributed by atoms with van der Waals surface area (Å²) in [5.74, 6) is 0.278. The molecule has 144 valence electrons. The van der Waals surface area contributed by atoms with Gasteiger partial charge >= 0.3 is 0 Å². The number of amides is 1. The third kappa shape index (κ3) is 8.41. The average Bonchev–Trinajstić information content (AvgIpc) is 3.08. The van der Waals surface area contributed by atoms with E-state index in [0.29, 0.717) is 19.0 Å². The second-order valence-electron chi connectivity index (χ2n) is 6.33. The van der Waals surface area contributed by atoms with Crippen molar-refractivity contribution in [2.75, 3.05) is 32.7 Å². The van der Waals surface area contributed by atoms with Crippen molar-refractivity contribution in [3.8, 4) is 0 Å². The molecule has 1 aromatic carbocycles. The van der Waals surface area contributed by atoms with Crippen molar-refractivity contribution >= 4 is 30.7 Å². The second kappa shape index (κ2) is 13.4. The number of benzene rings is 1. The largest absolute Gasteiger partial charge is 0.337 e. The zero-order chi connectivity index (χ0) is 16.5. The molecule has 0 aromatic heterocycles. The molecule has 1 heterocycles. The monoisotopic (exact) mass is 389 g/mol. The lowest BCUT2D eigenvalue weighted by atomic mass is 10.1. The van der Waals surface area contributed by atoms with Gasteiger partial charge in [0.05, 0.1) is 0 Å². The Bertz CT molecular complexity index is 463. The molecule has 1 aliphatic rings. The molecule has 1 aromatic rings. The first-order valence-electron chi connectivity index (χ1n) is 9.00. The molecule has 1 amide bonds. The van der Waals surface area contributed by atoms with Gasteiger partial charge in [0.2, 0.25) is 5.91 Å². The Balaban J connectivity index is 0.00000288. The van der Waals surface area contributed by atoms with Crippen LogP contribution in [0.25, 0.3) is 0 Å². The molecule has 6 heteroatoms. The van der Waals surface area contributed by atoms with Gasteiger partial charge in [-0.3, -0.25) is 4.79 Å². The maximum Gasteiger partial charge on any atom is 0.224 e. The number of halogens is 2. The van der Waals surface area contributed by atoms with Crippen LogP contribution in [0.15, 0.2) is 30.3 Å². The van der Waals surface area contributed by atoms with Crippen molar-refractivity contribution < 1.29 is 4.79 Å². The Hall–Kier alpha value is -0.810. The minimum atomic E-state index is 0. The van der Waals surface area contributed by atoms with Crippen LogP contribution < -0.4 is 5.32 Å². The van der Waals surface area contributed by atoms with Crippen molar-refractivity contribution in [1.82, 2.24) is 15.1 Å². The van der Waals surface area contributed by atoms with Gasteiger partial charge in [0, 0.05) is 32.1 Å². The van der Waals surface area contributed by atoms with E-state index in [4.69, 9.17) is 0 Å². The third-order valence-corrected chi connectivity index (χ3v) is 4.73. The van der Waals surface area contributed by atoms with Gasteiger partial charge < -0.3 is 15.1 Å². The van der Waals surface area contributed by atoms with Gasteiger partial charge in [-0.2, -0.15) is 0 Å². The van der Waals surface area contributed by atoms with Crippen LogP contribution in [0.5, 0.6) is 0 Å². The van der Waals surface area contributed by atoms with E-state index in [9.17, 15) is 4.79 Å². The van der Waals surface area contributed by atoms with Gasteiger partial charge in [0.1, 0.15) is 0 Å². The maximum absolute atomic E-state index is 12.8. The molecular formula is C19H33Cl2N3O. The molecule has 4 nitrogen and oxygen atoms in total. The summed E-state index contributed by atoms with van der Waals surface area (Å²) >= 11 is 0. The van der Waals surface area contributed by atoms with Crippen molar-refractivity contribution in [2.45, 2.75) is 45.7 Å². The molecule has 0 radical (unpaired) electrons. The molecule has 25 heavy (non-hydrogen) atoms. The maximum atomic E-state index is 12.8. The number of nitrogens with one attached hydrogen (secondary N) is 1. The number of hydrogen-bond acceptors (Lipinski definition) is 3. The van der Waals surface area contributed by atoms with E-state index >= 15 is 0 Å². The van der Waals surface area contributed by atoms with Crippen LogP contribution in [0.2, 0.25) is 0 Å². The first-order chi connectivity index (χ1) is 11.2. The minimum Gasteiger partial charge on any atom is -0.337 e. The lowest BCUT2D eigenvalue weighted by molar-refractivity contribution is -0.132. The highest BCUT2D eigenvalue weighted by Gasteiger charge is 2.22. The summed E-state index contributed by atoms with van der Waals surface area (Å²) in [6.07, 6.45) is 2.95. The molecule has 0 bridgehead atoms. The number of carbonyl (C=O) groups excluding carboxylic acids is 1. The molecule has 0 aliphatic carbocycles. The molecule has 0 saturated carbocycles. The Labute approximate surface area is 165 Å². The Morgan fingerprint density at radius 3 is 2.36 bits per heavy atom. The highest BCUT2D eigenvalue weighted by molar-refractivity contribution is 5.85. The van der Waals surface area contributed by atoms with Gasteiger partial charge in [-0.05, 0) is 38.0 Å². The second-order valence-corrected chi connectivity index (χ2v) is 6.33. The highest BCUT2D eigenvalue weighted by atomic mass is 35.5. The lowest BCUT2D eigenvalue weighted by Crippen LogP contribution is -2.40. The Morgan fingerprint density at radius 1 is 1.12 bits per heavy atom. The van der Waals surface area contributed by atoms with Crippen molar-refractivity contribution in [2.24, 2.45) is 0 Å². The van der Waals surface area contributed by atoms with E-state index in [-0.39, 0.29) is 30.7 Å². The zero-order valence-electron chi connectivity index (χ0n) is 15.4. The van der Waals surface area contributed by atoms with Crippen LogP contribution in [0.3, 0.4) is 0 Å². The van der Waals surface area contributed by atoms with E-state index < -0.39 is 0 Å². The molecule has 2 rings (SSSR count). The Kier molecular flexibility index (Phi) is 13.0. The topological polar surface area (TPSA) is 35.6 Å². The number of nitrogens with zero attached hydrogens (tertiary/aromatic N) is 2. The van der Waals surface area contributed by atoms with Crippen molar-refractivity contribution in [3.05, 3.63) is 35.9 Å². The Morgan fingerprint density at radius 2 is 1.80 bits per heavy atom. The third-order valence-electron chi connectivity index (χ3n) is 4.73. The average molecular weight is 390 g/mol. The quantitative estimate of drug-likeness (QED) is 0.703. The van der Waals surface area contributed by atoms with Gasteiger partial charge in [0.15, 0.2) is 0 Å². The van der Waals surface area contributed by atoms with Gasteiger partial charge in [-0.25, -0.2) is 0 Å². The van der Waals surface area contributed by atoms with E-state index in [2.05, 4.69) is 36.2 Å². The summed E-state index contributed by atoms with van der Waals surface area (Å²) in [6, 6.07) is 10.7. The van der Waals surface area contributed by atoms with E-state index in [1.165, 1.54) is 12.0 Å². The predicted octanol–water partition coefficient (Wildman–Crippen LogP) is 3.34. The summed E-state index contributed by atoms with van der Waals surface area (Å²) in [4.78, 5) is 17.2. The smallest absolute Gasteiger partial charge is 0.224 e. The molecule has 1 unspecified atom stereocenters. The standard InChI is InChI=1S/C19H31N3O.2ClH/c1-3-21(4-2)13-14-22(16-17-9-6-5-7-10-17)19(23)15-18-11-8-12-20-18;;/h5-7,9-10,18,20H,3-4,8,11-16H2,1-2H3;2*1H. The molecule has 0 spiro atoms. The molecule has 1 fully saturated rings. The van der Waals surface area contributed by atoms with Crippen LogP contribution in [0.4, 0.5) is 0 Å². The van der Waals surface area contributed by atoms with Crippen molar-refractivity contribution in [1.29, 1.82) is 0 Å². The predicted molar refractivity (Wildman–Crippen MR) is 110 cm³/mol. The van der Waals surface area contributed by atoms with Gasteiger partial charge in [0.25, 0.3) is 0 Å². The van der Waals surface area contributed by atoms with Gasteiger partial charge in [-0.15, -0.1) is 24.8 Å². The summed E-state index contributed by atoms with van der Waals surface area (Å²) < 4.78 is 0. The van der Waals surface area contributed by atoms with Crippen LogP contribution in [-0.2, 0) is 11.3 Å².